The molecule has 0 fully saturated rings. The van der Waals surface area contributed by atoms with Crippen LogP contribution in [0.1, 0.15) is 27.2 Å². The predicted molar refractivity (Wildman–Crippen MR) is 82.7 cm³/mol. The Bertz CT molecular complexity index is 259. The van der Waals surface area contributed by atoms with Gasteiger partial charge in [0, 0.05) is 40.4 Å². The zero-order valence-corrected chi connectivity index (χ0v) is 12.3. The van der Waals surface area contributed by atoms with Crippen molar-refractivity contribution in [3.8, 4) is 0 Å². The van der Waals surface area contributed by atoms with Gasteiger partial charge in [-0.3, -0.25) is 19.2 Å². The fourth-order valence-electron chi connectivity index (χ4n) is 0.422. The number of carbonyl (C=O) groups is 4. The van der Waals surface area contributed by atoms with Gasteiger partial charge in [-0.15, -0.1) is 0 Å². The van der Waals surface area contributed by atoms with E-state index in [0.717, 1.165) is 20.8 Å². The Labute approximate surface area is 158 Å². The molecular weight excluding hydrogens is 328 g/mol. The van der Waals surface area contributed by atoms with Gasteiger partial charge in [-0.1, -0.05) is 0 Å². The molecular formula is C11H26CaN2O8. The van der Waals surface area contributed by atoms with E-state index in [1.165, 1.54) is 0 Å². The Hall–Kier alpha value is -0.940. The van der Waals surface area contributed by atoms with Crippen LogP contribution in [0.25, 0.3) is 0 Å². The van der Waals surface area contributed by atoms with Crippen molar-refractivity contribution in [3.05, 3.63) is 0 Å². The second-order valence-corrected chi connectivity index (χ2v) is 3.24. The van der Waals surface area contributed by atoms with E-state index in [-0.39, 0.29) is 44.2 Å². The molecule has 0 heterocycles. The summed E-state index contributed by atoms with van der Waals surface area (Å²) < 4.78 is 0. The van der Waals surface area contributed by atoms with Gasteiger partial charge in [-0.2, -0.15) is 0 Å². The summed E-state index contributed by atoms with van der Waals surface area (Å²) in [6, 6.07) is 0. The molecule has 0 radical (unpaired) electrons. The molecule has 0 amide bonds. The Morgan fingerprint density at radius 2 is 1.09 bits per heavy atom. The first kappa shape index (κ1) is 32.9. The molecule has 0 aromatic carbocycles. The molecule has 0 aromatic heterocycles. The van der Waals surface area contributed by atoms with Gasteiger partial charge in [0.2, 0.25) is 0 Å². The molecule has 0 aliphatic rings. The van der Waals surface area contributed by atoms with Crippen LogP contribution >= 0.6 is 0 Å². The van der Waals surface area contributed by atoms with E-state index >= 15 is 0 Å². The van der Waals surface area contributed by atoms with Gasteiger partial charge in [0.05, 0.1) is 6.42 Å². The summed E-state index contributed by atoms with van der Waals surface area (Å²) in [7, 11) is 0. The number of nitrogens with two attached hydrogens (primary N) is 1. The van der Waals surface area contributed by atoms with Crippen LogP contribution in [-0.4, -0.2) is 102 Å². The summed E-state index contributed by atoms with van der Waals surface area (Å²) in [5.41, 5.74) is 5.14. The van der Waals surface area contributed by atoms with Gasteiger partial charge in [0.15, 0.2) is 0 Å². The normalized spacial score (nSPS) is 7.27. The van der Waals surface area contributed by atoms with Crippen molar-refractivity contribution < 1.29 is 39.6 Å². The van der Waals surface area contributed by atoms with E-state index in [0.29, 0.717) is 19.6 Å². The zero-order chi connectivity index (χ0) is 17.8. The number of hydrogen-bond donors (Lipinski definition) is 6. The van der Waals surface area contributed by atoms with Gasteiger partial charge >= 0.3 is 43.7 Å². The van der Waals surface area contributed by atoms with Crippen molar-refractivity contribution in [1.82, 2.24) is 5.32 Å². The molecule has 0 rings (SSSR count). The van der Waals surface area contributed by atoms with Crippen LogP contribution in [0.15, 0.2) is 0 Å². The molecule has 0 aliphatic carbocycles. The van der Waals surface area contributed by atoms with E-state index in [9.17, 15) is 4.79 Å². The monoisotopic (exact) mass is 354 g/mol. The van der Waals surface area contributed by atoms with Crippen molar-refractivity contribution >= 4 is 61.6 Å². The molecule has 7 N–H and O–H groups in total. The fourth-order valence-corrected chi connectivity index (χ4v) is 0.422. The molecule has 0 unspecified atom stereocenters. The van der Waals surface area contributed by atoms with E-state index in [4.69, 9.17) is 40.5 Å². The Morgan fingerprint density at radius 1 is 0.818 bits per heavy atom. The van der Waals surface area contributed by atoms with Gasteiger partial charge in [0.25, 0.3) is 17.9 Å². The molecule has 22 heavy (non-hydrogen) atoms. The van der Waals surface area contributed by atoms with Crippen LogP contribution in [0, 0.1) is 0 Å². The molecule has 0 aliphatic heterocycles. The quantitative estimate of drug-likeness (QED) is 0.247. The third-order valence-electron chi connectivity index (χ3n) is 0.837. The molecule has 0 saturated heterocycles. The molecule has 0 aromatic rings. The summed E-state index contributed by atoms with van der Waals surface area (Å²) >= 11 is 0. The van der Waals surface area contributed by atoms with Crippen LogP contribution < -0.4 is 11.1 Å². The molecule has 10 nitrogen and oxygen atoms in total. The standard InChI is InChI=1S/C5H12N2O2.3C2H4O2.Ca.2H/c6-2-4-7-3-1-5(8)9;3*1-2(3)4;;;/h7H,1-4,6H2,(H,8,9);3*1H3,(H,3,4);;;. The second kappa shape index (κ2) is 28.3. The van der Waals surface area contributed by atoms with Crippen LogP contribution in [0.5, 0.6) is 0 Å². The van der Waals surface area contributed by atoms with E-state index < -0.39 is 23.9 Å². The maximum absolute atomic E-state index is 9.89. The van der Waals surface area contributed by atoms with Crippen LogP contribution in [-0.2, 0) is 19.2 Å². The summed E-state index contributed by atoms with van der Waals surface area (Å²) in [4.78, 5) is 36.9. The van der Waals surface area contributed by atoms with E-state index in [2.05, 4.69) is 5.32 Å². The number of carboxylic acid groups (broad SMARTS) is 4. The van der Waals surface area contributed by atoms with Gasteiger partial charge in [0.1, 0.15) is 0 Å². The first-order chi connectivity index (χ1) is 9.47. The van der Waals surface area contributed by atoms with Gasteiger partial charge in [-0.05, 0) is 0 Å². The van der Waals surface area contributed by atoms with Crippen molar-refractivity contribution in [1.29, 1.82) is 0 Å². The molecule has 0 spiro atoms. The van der Waals surface area contributed by atoms with Crippen molar-refractivity contribution in [2.24, 2.45) is 5.73 Å². The van der Waals surface area contributed by atoms with Crippen molar-refractivity contribution in [3.63, 3.8) is 0 Å². The minimum atomic E-state index is -0.833. The van der Waals surface area contributed by atoms with Crippen LogP contribution in [0.2, 0.25) is 0 Å². The SMILES string of the molecule is CC(=O)O.CC(=O)O.CC(=O)O.NCCNCCC(=O)O.[CaH2]. The molecule has 0 bridgehead atoms. The number of aliphatic carboxylic acids is 4. The molecule has 0 atom stereocenters. The number of hydrogen-bond acceptors (Lipinski definition) is 6. The summed E-state index contributed by atoms with van der Waals surface area (Å²) in [6.45, 7) is 5.00. The Balaban J connectivity index is -0.0000000632. The minimum absolute atomic E-state index is 0. The van der Waals surface area contributed by atoms with Crippen LogP contribution in [0.4, 0.5) is 0 Å². The Kier molecular flexibility index (Phi) is 42.2. The average Bonchev–Trinajstić information content (AvgIpc) is 2.21. The topological polar surface area (TPSA) is 187 Å². The predicted octanol–water partition coefficient (Wildman–Crippen LogP) is -1.63. The average molecular weight is 354 g/mol. The summed E-state index contributed by atoms with van der Waals surface area (Å²) in [5, 5.41) is 33.3. The number of rotatable bonds is 5. The van der Waals surface area contributed by atoms with E-state index in [1.807, 2.05) is 0 Å². The number of nitrogens with one attached hydrogen (secondary N) is 1. The molecule has 0 saturated carbocycles. The van der Waals surface area contributed by atoms with Crippen molar-refractivity contribution in [2.45, 2.75) is 27.2 Å². The maximum atomic E-state index is 9.89. The van der Waals surface area contributed by atoms with E-state index in [1.54, 1.807) is 0 Å². The Morgan fingerprint density at radius 3 is 1.27 bits per heavy atom. The fraction of sp³-hybridized carbons (Fsp3) is 0.636. The van der Waals surface area contributed by atoms with Gasteiger partial charge < -0.3 is 31.5 Å². The second-order valence-electron chi connectivity index (χ2n) is 3.24. The third kappa shape index (κ3) is 243. The first-order valence-corrected chi connectivity index (χ1v) is 5.68. The first-order valence-electron chi connectivity index (χ1n) is 5.68. The summed E-state index contributed by atoms with van der Waals surface area (Å²) in [6.07, 6.45) is 0.167. The molecule has 11 heteroatoms. The van der Waals surface area contributed by atoms with Crippen molar-refractivity contribution in [2.75, 3.05) is 19.6 Å². The summed E-state index contributed by atoms with van der Waals surface area (Å²) in [5.74, 6) is -3.28. The zero-order valence-electron chi connectivity index (χ0n) is 12.3. The third-order valence-corrected chi connectivity index (χ3v) is 0.837. The molecule has 130 valence electrons. The number of carboxylic acids is 4. The van der Waals surface area contributed by atoms with Crippen LogP contribution in [0.3, 0.4) is 0 Å². The van der Waals surface area contributed by atoms with Gasteiger partial charge in [-0.25, -0.2) is 0 Å².